The number of halogens is 1. The Morgan fingerprint density at radius 2 is 1.60 bits per heavy atom. The topological polar surface area (TPSA) is 34.1 Å². The third kappa shape index (κ3) is 3.75. The van der Waals surface area contributed by atoms with Gasteiger partial charge in [0.25, 0.3) is 0 Å². The van der Waals surface area contributed by atoms with Crippen molar-refractivity contribution in [3.8, 4) is 0 Å². The molecule has 0 aliphatic rings. The van der Waals surface area contributed by atoms with Crippen LogP contribution < -0.4 is 0 Å². The zero-order valence-corrected chi connectivity index (χ0v) is 12.7. The summed E-state index contributed by atoms with van der Waals surface area (Å²) in [5.41, 5.74) is 2.03. The summed E-state index contributed by atoms with van der Waals surface area (Å²) >= 11 is 0. The van der Waals surface area contributed by atoms with Gasteiger partial charge in [-0.05, 0) is 29.9 Å². The standard InChI is InChI=1S/C17H23FO2/c1-5-12-8-7-9-13(6-2)15(12)17(20)16(18)14(19)10-11(3)4/h7-9,11,16H,5-6,10H2,1-4H3. The summed E-state index contributed by atoms with van der Waals surface area (Å²) in [5.74, 6) is -1.23. The summed E-state index contributed by atoms with van der Waals surface area (Å²) in [4.78, 5) is 24.1. The van der Waals surface area contributed by atoms with E-state index in [4.69, 9.17) is 0 Å². The van der Waals surface area contributed by atoms with E-state index in [1.54, 1.807) is 0 Å². The molecule has 0 amide bonds. The van der Waals surface area contributed by atoms with E-state index in [1.807, 2.05) is 45.9 Å². The van der Waals surface area contributed by atoms with Crippen LogP contribution in [0.2, 0.25) is 0 Å². The number of rotatable bonds is 7. The second-order valence-corrected chi connectivity index (χ2v) is 5.45. The molecule has 1 aromatic carbocycles. The Hall–Kier alpha value is -1.51. The minimum atomic E-state index is -2.03. The number of ketones is 2. The van der Waals surface area contributed by atoms with Crippen LogP contribution in [0.3, 0.4) is 0 Å². The van der Waals surface area contributed by atoms with Crippen LogP contribution in [-0.4, -0.2) is 17.7 Å². The molecule has 0 N–H and O–H groups in total. The van der Waals surface area contributed by atoms with Crippen molar-refractivity contribution in [2.75, 3.05) is 0 Å². The van der Waals surface area contributed by atoms with Crippen molar-refractivity contribution in [2.24, 2.45) is 5.92 Å². The van der Waals surface area contributed by atoms with E-state index in [2.05, 4.69) is 0 Å². The Morgan fingerprint density at radius 1 is 1.10 bits per heavy atom. The van der Waals surface area contributed by atoms with E-state index in [-0.39, 0.29) is 12.3 Å². The highest BCUT2D eigenvalue weighted by molar-refractivity contribution is 6.14. The van der Waals surface area contributed by atoms with Crippen molar-refractivity contribution in [2.45, 2.75) is 53.1 Å². The largest absolute Gasteiger partial charge is 0.296 e. The minimum absolute atomic E-state index is 0.0561. The maximum Gasteiger partial charge on any atom is 0.220 e. The van der Waals surface area contributed by atoms with Crippen molar-refractivity contribution >= 4 is 11.6 Å². The lowest BCUT2D eigenvalue weighted by Gasteiger charge is -2.14. The van der Waals surface area contributed by atoms with Crippen LogP contribution >= 0.6 is 0 Å². The highest BCUT2D eigenvalue weighted by atomic mass is 19.1. The molecule has 1 unspecified atom stereocenters. The Labute approximate surface area is 120 Å². The summed E-state index contributed by atoms with van der Waals surface area (Å²) in [6.45, 7) is 7.53. The van der Waals surface area contributed by atoms with Gasteiger partial charge in [0.1, 0.15) is 0 Å². The Morgan fingerprint density at radius 3 is 2.00 bits per heavy atom. The van der Waals surface area contributed by atoms with Crippen molar-refractivity contribution in [1.29, 1.82) is 0 Å². The third-order valence-electron chi connectivity index (χ3n) is 3.37. The van der Waals surface area contributed by atoms with Crippen LogP contribution in [-0.2, 0) is 17.6 Å². The first kappa shape index (κ1) is 16.5. The first-order chi connectivity index (χ1) is 9.42. The van der Waals surface area contributed by atoms with Gasteiger partial charge in [0, 0.05) is 12.0 Å². The molecule has 0 radical (unpaired) electrons. The molecule has 0 aromatic heterocycles. The van der Waals surface area contributed by atoms with Crippen LogP contribution in [0.5, 0.6) is 0 Å². The van der Waals surface area contributed by atoms with Gasteiger partial charge in [-0.25, -0.2) is 4.39 Å². The first-order valence-electron chi connectivity index (χ1n) is 7.24. The van der Waals surface area contributed by atoms with Crippen LogP contribution in [0.4, 0.5) is 4.39 Å². The molecule has 0 heterocycles. The summed E-state index contributed by atoms with van der Waals surface area (Å²) in [5, 5.41) is 0. The Bertz CT molecular complexity index is 470. The lowest BCUT2D eigenvalue weighted by molar-refractivity contribution is -0.122. The predicted octanol–water partition coefficient (Wildman–Crippen LogP) is 3.95. The maximum atomic E-state index is 14.2. The van der Waals surface area contributed by atoms with Crippen LogP contribution in [0, 0.1) is 5.92 Å². The molecule has 20 heavy (non-hydrogen) atoms. The summed E-state index contributed by atoms with van der Waals surface area (Å²) in [6.07, 6.45) is -0.627. The molecule has 0 bridgehead atoms. The molecule has 0 aliphatic heterocycles. The third-order valence-corrected chi connectivity index (χ3v) is 3.37. The number of hydrogen-bond donors (Lipinski definition) is 0. The Balaban J connectivity index is 3.11. The van der Waals surface area contributed by atoms with E-state index in [0.717, 1.165) is 11.1 Å². The van der Waals surface area contributed by atoms with Gasteiger partial charge in [0.05, 0.1) is 0 Å². The van der Waals surface area contributed by atoms with Crippen LogP contribution in [0.1, 0.15) is 55.6 Å². The molecule has 0 spiro atoms. The molecule has 1 rings (SSSR count). The van der Waals surface area contributed by atoms with Crippen molar-refractivity contribution in [3.63, 3.8) is 0 Å². The van der Waals surface area contributed by atoms with Gasteiger partial charge in [-0.3, -0.25) is 9.59 Å². The van der Waals surface area contributed by atoms with Crippen molar-refractivity contribution < 1.29 is 14.0 Å². The summed E-state index contributed by atoms with van der Waals surface area (Å²) in [6, 6.07) is 5.52. The summed E-state index contributed by atoms with van der Waals surface area (Å²) < 4.78 is 14.2. The maximum absolute atomic E-state index is 14.2. The number of benzene rings is 1. The van der Waals surface area contributed by atoms with Crippen molar-refractivity contribution in [1.82, 2.24) is 0 Å². The van der Waals surface area contributed by atoms with E-state index in [0.29, 0.717) is 18.4 Å². The predicted molar refractivity (Wildman–Crippen MR) is 78.9 cm³/mol. The lowest BCUT2D eigenvalue weighted by Crippen LogP contribution is -2.28. The fourth-order valence-corrected chi connectivity index (χ4v) is 2.34. The van der Waals surface area contributed by atoms with E-state index >= 15 is 0 Å². The number of aryl methyl sites for hydroxylation is 2. The van der Waals surface area contributed by atoms with Crippen LogP contribution in [0.25, 0.3) is 0 Å². The second-order valence-electron chi connectivity index (χ2n) is 5.45. The molecule has 0 aliphatic carbocycles. The van der Waals surface area contributed by atoms with Crippen molar-refractivity contribution in [3.05, 3.63) is 34.9 Å². The number of carbonyl (C=O) groups is 2. The van der Waals surface area contributed by atoms with Gasteiger partial charge >= 0.3 is 0 Å². The lowest BCUT2D eigenvalue weighted by atomic mass is 9.90. The second kappa shape index (κ2) is 7.32. The number of carbonyl (C=O) groups excluding carboxylic acids is 2. The quantitative estimate of drug-likeness (QED) is 0.559. The SMILES string of the molecule is CCc1cccc(CC)c1C(=O)C(F)C(=O)CC(C)C. The molecule has 3 heteroatoms. The highest BCUT2D eigenvalue weighted by Gasteiger charge is 2.29. The van der Waals surface area contributed by atoms with Gasteiger partial charge in [-0.2, -0.15) is 0 Å². The summed E-state index contributed by atoms with van der Waals surface area (Å²) in [7, 11) is 0. The highest BCUT2D eigenvalue weighted by Crippen LogP contribution is 2.21. The molecule has 110 valence electrons. The molecule has 1 aromatic rings. The van der Waals surface area contributed by atoms with E-state index in [1.165, 1.54) is 0 Å². The van der Waals surface area contributed by atoms with Gasteiger partial charge in [0.15, 0.2) is 5.78 Å². The average molecular weight is 278 g/mol. The molecule has 2 nitrogen and oxygen atoms in total. The Kier molecular flexibility index (Phi) is 6.05. The zero-order chi connectivity index (χ0) is 15.3. The molecular formula is C17H23FO2. The fourth-order valence-electron chi connectivity index (χ4n) is 2.34. The first-order valence-corrected chi connectivity index (χ1v) is 7.24. The molecule has 0 saturated carbocycles. The fraction of sp³-hybridized carbons (Fsp3) is 0.529. The molecular weight excluding hydrogens is 255 g/mol. The average Bonchev–Trinajstić information content (AvgIpc) is 2.43. The monoisotopic (exact) mass is 278 g/mol. The number of Topliss-reactive ketones (excluding diaryl/α,β-unsaturated/α-hetero) is 2. The zero-order valence-electron chi connectivity index (χ0n) is 12.7. The number of hydrogen-bond acceptors (Lipinski definition) is 2. The van der Waals surface area contributed by atoms with Gasteiger partial charge in [0.2, 0.25) is 12.0 Å². The van der Waals surface area contributed by atoms with E-state index in [9.17, 15) is 14.0 Å². The van der Waals surface area contributed by atoms with Gasteiger partial charge < -0.3 is 0 Å². The molecule has 0 saturated heterocycles. The molecule has 1 atom stereocenters. The van der Waals surface area contributed by atoms with E-state index < -0.39 is 17.7 Å². The number of alkyl halides is 1. The van der Waals surface area contributed by atoms with Gasteiger partial charge in [-0.1, -0.05) is 45.9 Å². The normalized spacial score (nSPS) is 12.5. The van der Waals surface area contributed by atoms with Crippen LogP contribution in [0.15, 0.2) is 18.2 Å². The smallest absolute Gasteiger partial charge is 0.220 e. The van der Waals surface area contributed by atoms with Gasteiger partial charge in [-0.15, -0.1) is 0 Å². The minimum Gasteiger partial charge on any atom is -0.296 e. The molecule has 0 fully saturated rings.